The van der Waals surface area contributed by atoms with Crippen LogP contribution >= 0.6 is 11.3 Å². The molecule has 0 atom stereocenters. The Morgan fingerprint density at radius 1 is 1.22 bits per heavy atom. The van der Waals surface area contributed by atoms with Gasteiger partial charge in [-0.05, 0) is 42.8 Å². The number of nitrogens with one attached hydrogen (secondary N) is 1. The third-order valence-electron chi connectivity index (χ3n) is 3.92. The van der Waals surface area contributed by atoms with E-state index in [0.29, 0.717) is 16.7 Å². The molecule has 4 aromatic rings. The second kappa shape index (κ2) is 7.08. The monoisotopic (exact) mass is 381 g/mol. The molecule has 3 heterocycles. The lowest BCUT2D eigenvalue weighted by atomic mass is 10.1. The Labute approximate surface area is 158 Å². The third-order valence-corrected chi connectivity index (χ3v) is 4.68. The largest absolute Gasteiger partial charge is 0.496 e. The van der Waals surface area contributed by atoms with E-state index in [9.17, 15) is 4.79 Å². The molecule has 7 nitrogen and oxygen atoms in total. The molecule has 0 saturated heterocycles. The van der Waals surface area contributed by atoms with Gasteiger partial charge in [0.15, 0.2) is 16.6 Å². The van der Waals surface area contributed by atoms with E-state index in [1.165, 1.54) is 23.7 Å². The molecule has 1 amide bonds. The fourth-order valence-corrected chi connectivity index (χ4v) is 3.29. The number of hydrogen-bond donors (Lipinski definition) is 1. The summed E-state index contributed by atoms with van der Waals surface area (Å²) in [6.45, 7) is 1.97. The Balaban J connectivity index is 1.49. The zero-order valence-corrected chi connectivity index (χ0v) is 15.4. The molecule has 0 bridgehead atoms. The van der Waals surface area contributed by atoms with E-state index in [1.807, 2.05) is 30.5 Å². The molecule has 0 radical (unpaired) electrons. The van der Waals surface area contributed by atoms with E-state index in [1.54, 1.807) is 19.2 Å². The highest BCUT2D eigenvalue weighted by Crippen LogP contribution is 2.29. The first-order valence-electron chi connectivity index (χ1n) is 8.06. The minimum Gasteiger partial charge on any atom is -0.496 e. The Morgan fingerprint density at radius 3 is 2.85 bits per heavy atom. The average Bonchev–Trinajstić information content (AvgIpc) is 3.42. The summed E-state index contributed by atoms with van der Waals surface area (Å²) in [4.78, 5) is 16.8. The molecule has 3 aromatic heterocycles. The quantitative estimate of drug-likeness (QED) is 0.542. The molecular weight excluding hydrogens is 366 g/mol. The summed E-state index contributed by atoms with van der Waals surface area (Å²) in [5, 5.41) is 8.88. The van der Waals surface area contributed by atoms with E-state index in [0.717, 1.165) is 22.6 Å². The number of anilines is 1. The fourth-order valence-electron chi connectivity index (χ4n) is 2.58. The lowest BCUT2D eigenvalue weighted by Gasteiger charge is -2.05. The first-order chi connectivity index (χ1) is 13.1. The molecule has 0 aliphatic carbocycles. The van der Waals surface area contributed by atoms with Gasteiger partial charge in [-0.15, -0.1) is 11.3 Å². The van der Waals surface area contributed by atoms with Gasteiger partial charge >= 0.3 is 0 Å². The topological polar surface area (TPSA) is 90.4 Å². The lowest BCUT2D eigenvalue weighted by Crippen LogP contribution is -2.11. The molecule has 0 aliphatic heterocycles. The van der Waals surface area contributed by atoms with Crippen LogP contribution in [0.4, 0.5) is 5.13 Å². The SMILES string of the molecule is COc1ccc(-c2csc(NC(=O)c3cc(-c4ccco4)on3)n2)cc1C. The predicted octanol–water partition coefficient (Wildman–Crippen LogP) is 4.63. The number of thiazole rings is 1. The Morgan fingerprint density at radius 2 is 2.11 bits per heavy atom. The van der Waals surface area contributed by atoms with Crippen molar-refractivity contribution in [2.45, 2.75) is 6.92 Å². The van der Waals surface area contributed by atoms with Gasteiger partial charge in [0.05, 0.1) is 19.1 Å². The number of carbonyl (C=O) groups is 1. The fraction of sp³-hybridized carbons (Fsp3) is 0.105. The highest BCUT2D eigenvalue weighted by Gasteiger charge is 2.17. The van der Waals surface area contributed by atoms with Crippen LogP contribution in [0.1, 0.15) is 16.1 Å². The molecule has 1 aromatic carbocycles. The molecular formula is C19H15N3O4S. The summed E-state index contributed by atoms with van der Waals surface area (Å²) in [5.74, 6) is 1.32. The van der Waals surface area contributed by atoms with Crippen molar-refractivity contribution in [3.05, 3.63) is 59.3 Å². The minimum atomic E-state index is -0.400. The lowest BCUT2D eigenvalue weighted by molar-refractivity contribution is 0.101. The van der Waals surface area contributed by atoms with E-state index in [4.69, 9.17) is 13.7 Å². The van der Waals surface area contributed by atoms with Crippen LogP contribution in [0.2, 0.25) is 0 Å². The number of rotatable bonds is 5. The standard InChI is InChI=1S/C19H15N3O4S/c1-11-8-12(5-6-15(11)24-2)14-10-27-19(20-14)21-18(23)13-9-17(26-22-13)16-4-3-7-25-16/h3-10H,1-2H3,(H,20,21,23). The summed E-state index contributed by atoms with van der Waals surface area (Å²) in [6.07, 6.45) is 1.52. The van der Waals surface area contributed by atoms with E-state index in [2.05, 4.69) is 15.5 Å². The zero-order chi connectivity index (χ0) is 18.8. The van der Waals surface area contributed by atoms with Gasteiger partial charge in [-0.1, -0.05) is 5.16 Å². The summed E-state index contributed by atoms with van der Waals surface area (Å²) >= 11 is 1.34. The average molecular weight is 381 g/mol. The zero-order valence-electron chi connectivity index (χ0n) is 14.6. The second-order valence-electron chi connectivity index (χ2n) is 5.73. The Bertz CT molecular complexity index is 1080. The van der Waals surface area contributed by atoms with Crippen LogP contribution < -0.4 is 10.1 Å². The van der Waals surface area contributed by atoms with Crippen LogP contribution in [0, 0.1) is 6.92 Å². The Kier molecular flexibility index (Phi) is 4.47. The van der Waals surface area contributed by atoms with Crippen molar-refractivity contribution in [2.24, 2.45) is 0 Å². The van der Waals surface area contributed by atoms with Crippen LogP contribution in [-0.4, -0.2) is 23.2 Å². The van der Waals surface area contributed by atoms with Gasteiger partial charge in [0.25, 0.3) is 5.91 Å². The number of aryl methyl sites for hydroxylation is 1. The maximum absolute atomic E-state index is 12.4. The normalized spacial score (nSPS) is 10.7. The summed E-state index contributed by atoms with van der Waals surface area (Å²) in [7, 11) is 1.64. The highest BCUT2D eigenvalue weighted by molar-refractivity contribution is 7.14. The summed E-state index contributed by atoms with van der Waals surface area (Å²) in [6, 6.07) is 10.8. The highest BCUT2D eigenvalue weighted by atomic mass is 32.1. The van der Waals surface area contributed by atoms with Gasteiger partial charge in [-0.3, -0.25) is 10.1 Å². The Hall–Kier alpha value is -3.39. The van der Waals surface area contributed by atoms with Crippen molar-refractivity contribution in [1.82, 2.24) is 10.1 Å². The first-order valence-corrected chi connectivity index (χ1v) is 8.94. The second-order valence-corrected chi connectivity index (χ2v) is 6.59. The molecule has 1 N–H and O–H groups in total. The van der Waals surface area contributed by atoms with Crippen LogP contribution in [0.15, 0.2) is 57.0 Å². The molecule has 0 aliphatic rings. The molecule has 0 fully saturated rings. The van der Waals surface area contributed by atoms with Crippen LogP contribution in [0.3, 0.4) is 0 Å². The van der Waals surface area contributed by atoms with Gasteiger partial charge in [0, 0.05) is 17.0 Å². The predicted molar refractivity (Wildman–Crippen MR) is 101 cm³/mol. The number of hydrogen-bond acceptors (Lipinski definition) is 7. The number of aromatic nitrogens is 2. The van der Waals surface area contributed by atoms with Crippen molar-refractivity contribution in [1.29, 1.82) is 0 Å². The number of benzene rings is 1. The molecule has 0 spiro atoms. The molecule has 0 unspecified atom stereocenters. The number of amides is 1. The van der Waals surface area contributed by atoms with Gasteiger partial charge in [-0.2, -0.15) is 0 Å². The minimum absolute atomic E-state index is 0.151. The molecule has 8 heteroatoms. The van der Waals surface area contributed by atoms with Gasteiger partial charge in [-0.25, -0.2) is 4.98 Å². The van der Waals surface area contributed by atoms with Gasteiger partial charge in [0.1, 0.15) is 5.75 Å². The smallest absolute Gasteiger partial charge is 0.279 e. The van der Waals surface area contributed by atoms with E-state index < -0.39 is 5.91 Å². The van der Waals surface area contributed by atoms with Gasteiger partial charge in [0.2, 0.25) is 5.76 Å². The van der Waals surface area contributed by atoms with Crippen LogP contribution in [-0.2, 0) is 0 Å². The van der Waals surface area contributed by atoms with Gasteiger partial charge < -0.3 is 13.7 Å². The maximum Gasteiger partial charge on any atom is 0.279 e. The van der Waals surface area contributed by atoms with Crippen molar-refractivity contribution >= 4 is 22.4 Å². The number of ether oxygens (including phenoxy) is 1. The molecule has 0 saturated carbocycles. The summed E-state index contributed by atoms with van der Waals surface area (Å²) in [5.41, 5.74) is 2.89. The first kappa shape index (κ1) is 17.0. The van der Waals surface area contributed by atoms with Crippen molar-refractivity contribution < 1.29 is 18.5 Å². The number of nitrogens with zero attached hydrogens (tertiary/aromatic N) is 2. The van der Waals surface area contributed by atoms with E-state index in [-0.39, 0.29) is 5.69 Å². The van der Waals surface area contributed by atoms with Crippen molar-refractivity contribution in [2.75, 3.05) is 12.4 Å². The third kappa shape index (κ3) is 3.47. The van der Waals surface area contributed by atoms with Crippen LogP contribution in [0.25, 0.3) is 22.8 Å². The maximum atomic E-state index is 12.4. The number of furan rings is 1. The van der Waals surface area contributed by atoms with Crippen molar-refractivity contribution in [3.8, 4) is 28.5 Å². The molecule has 4 rings (SSSR count). The number of methoxy groups -OCH3 is 1. The summed E-state index contributed by atoms with van der Waals surface area (Å²) < 4.78 is 15.6. The molecule has 27 heavy (non-hydrogen) atoms. The van der Waals surface area contributed by atoms with Crippen molar-refractivity contribution in [3.63, 3.8) is 0 Å². The van der Waals surface area contributed by atoms with Crippen LogP contribution in [0.5, 0.6) is 5.75 Å². The molecule has 136 valence electrons. The van der Waals surface area contributed by atoms with E-state index >= 15 is 0 Å². The number of carbonyl (C=O) groups excluding carboxylic acids is 1.